The van der Waals surface area contributed by atoms with Crippen LogP contribution in [0.1, 0.15) is 28.8 Å². The van der Waals surface area contributed by atoms with Crippen molar-refractivity contribution in [1.29, 1.82) is 0 Å². The third-order valence-corrected chi connectivity index (χ3v) is 3.74. The zero-order chi connectivity index (χ0) is 18.0. The van der Waals surface area contributed by atoms with Gasteiger partial charge in [-0.1, -0.05) is 0 Å². The molecule has 0 aliphatic rings. The normalized spacial score (nSPS) is 13.4. The van der Waals surface area contributed by atoms with Gasteiger partial charge in [0.2, 0.25) is 0 Å². The zero-order valence-electron chi connectivity index (χ0n) is 13.7. The summed E-state index contributed by atoms with van der Waals surface area (Å²) in [5.41, 5.74) is -1.05. The summed E-state index contributed by atoms with van der Waals surface area (Å²) in [4.78, 5) is 16.0. The maximum absolute atomic E-state index is 14.2. The maximum Gasteiger partial charge on any atom is 0.251 e. The number of aromatic nitrogens is 3. The van der Waals surface area contributed by atoms with Gasteiger partial charge in [-0.3, -0.25) is 4.79 Å². The molecule has 0 saturated carbocycles. The molecule has 1 unspecified atom stereocenters. The molecule has 0 saturated heterocycles. The Morgan fingerprint density at radius 1 is 1.40 bits per heavy atom. The number of amides is 1. The van der Waals surface area contributed by atoms with Gasteiger partial charge in [0, 0.05) is 5.56 Å². The van der Waals surface area contributed by atoms with E-state index in [1.165, 1.54) is 36.4 Å². The summed E-state index contributed by atoms with van der Waals surface area (Å²) in [6, 6.07) is 7.39. The number of aliphatic hydroxyl groups is 1. The molecule has 2 aromatic heterocycles. The number of nitrogens with zero attached hydrogens (tertiary/aromatic N) is 3. The summed E-state index contributed by atoms with van der Waals surface area (Å²) in [7, 11) is 0. The smallest absolute Gasteiger partial charge is 0.251 e. The van der Waals surface area contributed by atoms with Crippen molar-refractivity contribution in [2.75, 3.05) is 6.54 Å². The molecule has 0 radical (unpaired) electrons. The Morgan fingerprint density at radius 3 is 2.80 bits per heavy atom. The van der Waals surface area contributed by atoms with Crippen molar-refractivity contribution < 1.29 is 18.7 Å². The van der Waals surface area contributed by atoms with Crippen LogP contribution in [0, 0.1) is 12.7 Å². The van der Waals surface area contributed by atoms with E-state index in [1.807, 2.05) is 0 Å². The van der Waals surface area contributed by atoms with E-state index in [0.717, 1.165) is 6.07 Å². The number of nitrogens with one attached hydrogen (secondary N) is 1. The summed E-state index contributed by atoms with van der Waals surface area (Å²) in [6.45, 7) is 3.21. The molecule has 0 bridgehead atoms. The van der Waals surface area contributed by atoms with Crippen molar-refractivity contribution in [3.8, 4) is 5.69 Å². The number of aryl methyl sites for hydroxylation is 1. The summed E-state index contributed by atoms with van der Waals surface area (Å²) < 4.78 is 20.8. The molecule has 0 fully saturated rings. The van der Waals surface area contributed by atoms with Crippen LogP contribution in [0.25, 0.3) is 5.69 Å². The standard InChI is InChI=1S/C17H17FN4O3/c1-11-3-6-15(25-11)17(2,24)8-20-16(23)12-4-5-14(13(18)7-12)22-10-19-9-21-22/h3-7,9-10,24H,8H2,1-2H3,(H,20,23). The molecule has 2 heterocycles. The average Bonchev–Trinajstić information content (AvgIpc) is 3.24. The monoisotopic (exact) mass is 344 g/mol. The number of halogens is 1. The van der Waals surface area contributed by atoms with Crippen LogP contribution in [0.4, 0.5) is 4.39 Å². The minimum atomic E-state index is -1.37. The lowest BCUT2D eigenvalue weighted by atomic mass is 10.0. The van der Waals surface area contributed by atoms with Gasteiger partial charge in [-0.25, -0.2) is 14.1 Å². The van der Waals surface area contributed by atoms with Crippen molar-refractivity contribution in [2.24, 2.45) is 0 Å². The zero-order valence-corrected chi connectivity index (χ0v) is 13.7. The van der Waals surface area contributed by atoms with Gasteiger partial charge < -0.3 is 14.8 Å². The maximum atomic E-state index is 14.2. The summed E-state index contributed by atoms with van der Waals surface area (Å²) >= 11 is 0. The third kappa shape index (κ3) is 3.58. The highest BCUT2D eigenvalue weighted by atomic mass is 19.1. The molecule has 3 aromatic rings. The number of benzene rings is 1. The second-order valence-corrected chi connectivity index (χ2v) is 5.87. The number of rotatable bonds is 5. The lowest BCUT2D eigenvalue weighted by Crippen LogP contribution is -2.38. The van der Waals surface area contributed by atoms with Crippen molar-refractivity contribution in [2.45, 2.75) is 19.4 Å². The Labute approximate surface area is 143 Å². The number of carbonyl (C=O) groups excluding carboxylic acids is 1. The summed E-state index contributed by atoms with van der Waals surface area (Å²) in [5.74, 6) is -0.107. The highest BCUT2D eigenvalue weighted by Gasteiger charge is 2.27. The Bertz CT molecular complexity index is 887. The Kier molecular flexibility index (Phi) is 4.37. The fourth-order valence-corrected chi connectivity index (χ4v) is 2.33. The Morgan fingerprint density at radius 2 is 2.20 bits per heavy atom. The highest BCUT2D eigenvalue weighted by Crippen LogP contribution is 2.22. The minimum absolute atomic E-state index is 0.0781. The first-order valence-corrected chi connectivity index (χ1v) is 7.59. The van der Waals surface area contributed by atoms with Crippen LogP contribution in [0.2, 0.25) is 0 Å². The first-order valence-electron chi connectivity index (χ1n) is 7.59. The predicted octanol–water partition coefficient (Wildman–Crippen LogP) is 1.95. The molecule has 25 heavy (non-hydrogen) atoms. The lowest BCUT2D eigenvalue weighted by molar-refractivity contribution is 0.0323. The van der Waals surface area contributed by atoms with E-state index in [4.69, 9.17) is 4.42 Å². The number of carbonyl (C=O) groups is 1. The topological polar surface area (TPSA) is 93.2 Å². The molecule has 130 valence electrons. The van der Waals surface area contributed by atoms with E-state index in [-0.39, 0.29) is 17.8 Å². The largest absolute Gasteiger partial charge is 0.463 e. The molecule has 1 aromatic carbocycles. The molecule has 0 aliphatic heterocycles. The van der Waals surface area contributed by atoms with E-state index in [9.17, 15) is 14.3 Å². The van der Waals surface area contributed by atoms with Gasteiger partial charge in [0.25, 0.3) is 5.91 Å². The van der Waals surface area contributed by atoms with Crippen LogP contribution in [-0.2, 0) is 5.60 Å². The Hall–Kier alpha value is -3.00. The van der Waals surface area contributed by atoms with E-state index < -0.39 is 17.3 Å². The Balaban J connectivity index is 1.70. The predicted molar refractivity (Wildman–Crippen MR) is 86.7 cm³/mol. The van der Waals surface area contributed by atoms with E-state index in [2.05, 4.69) is 15.4 Å². The second kappa shape index (κ2) is 6.48. The van der Waals surface area contributed by atoms with Crippen LogP contribution >= 0.6 is 0 Å². The minimum Gasteiger partial charge on any atom is -0.463 e. The second-order valence-electron chi connectivity index (χ2n) is 5.87. The molecule has 2 N–H and O–H groups in total. The van der Waals surface area contributed by atoms with Crippen molar-refractivity contribution >= 4 is 5.91 Å². The molecular weight excluding hydrogens is 327 g/mol. The highest BCUT2D eigenvalue weighted by molar-refractivity contribution is 5.94. The van der Waals surface area contributed by atoms with Crippen LogP contribution in [0.15, 0.2) is 47.4 Å². The van der Waals surface area contributed by atoms with Crippen LogP contribution in [0.5, 0.6) is 0 Å². The molecule has 0 spiro atoms. The quantitative estimate of drug-likeness (QED) is 0.738. The van der Waals surface area contributed by atoms with Crippen LogP contribution in [0.3, 0.4) is 0 Å². The molecule has 8 heteroatoms. The molecule has 1 atom stereocenters. The van der Waals surface area contributed by atoms with Gasteiger partial charge >= 0.3 is 0 Å². The average molecular weight is 344 g/mol. The van der Waals surface area contributed by atoms with Crippen LogP contribution in [-0.4, -0.2) is 32.3 Å². The van der Waals surface area contributed by atoms with Gasteiger partial charge in [-0.05, 0) is 44.2 Å². The first-order chi connectivity index (χ1) is 11.9. The molecule has 7 nitrogen and oxygen atoms in total. The van der Waals surface area contributed by atoms with Crippen molar-refractivity contribution in [3.63, 3.8) is 0 Å². The fourth-order valence-electron chi connectivity index (χ4n) is 2.33. The summed E-state index contributed by atoms with van der Waals surface area (Å²) in [5, 5.41) is 16.8. The molecule has 1 amide bonds. The summed E-state index contributed by atoms with van der Waals surface area (Å²) in [6.07, 6.45) is 2.65. The molecular formula is C17H17FN4O3. The molecule has 0 aliphatic carbocycles. The SMILES string of the molecule is Cc1ccc(C(C)(O)CNC(=O)c2ccc(-n3cncn3)c(F)c2)o1. The lowest BCUT2D eigenvalue weighted by Gasteiger charge is -2.21. The number of hydrogen-bond acceptors (Lipinski definition) is 5. The van der Waals surface area contributed by atoms with Crippen molar-refractivity contribution in [1.82, 2.24) is 20.1 Å². The third-order valence-electron chi connectivity index (χ3n) is 3.74. The molecule has 3 rings (SSSR count). The van der Waals surface area contributed by atoms with Gasteiger partial charge in [0.05, 0.1) is 6.54 Å². The van der Waals surface area contributed by atoms with Gasteiger partial charge in [-0.2, -0.15) is 5.10 Å². The number of hydrogen-bond donors (Lipinski definition) is 2. The van der Waals surface area contributed by atoms with E-state index in [1.54, 1.807) is 19.1 Å². The van der Waals surface area contributed by atoms with Gasteiger partial charge in [-0.15, -0.1) is 0 Å². The van der Waals surface area contributed by atoms with E-state index in [0.29, 0.717) is 11.5 Å². The van der Waals surface area contributed by atoms with Crippen molar-refractivity contribution in [3.05, 3.63) is 65.9 Å². The fraction of sp³-hybridized carbons (Fsp3) is 0.235. The van der Waals surface area contributed by atoms with Crippen LogP contribution < -0.4 is 5.32 Å². The van der Waals surface area contributed by atoms with Gasteiger partial charge in [0.1, 0.15) is 41.3 Å². The van der Waals surface area contributed by atoms with E-state index >= 15 is 0 Å². The number of furan rings is 1. The van der Waals surface area contributed by atoms with Gasteiger partial charge in [0.15, 0.2) is 0 Å². The first kappa shape index (κ1) is 16.8.